The van der Waals surface area contributed by atoms with Crippen molar-refractivity contribution in [2.75, 3.05) is 5.73 Å². The second-order valence-electron chi connectivity index (χ2n) is 4.05. The standard InChI is InChI=1S/C11H14N4O2S/c1-7-8(2)15(6-14-7)11-4-3-9(5-10(11)12)18(13,16)17/h3-6H,12H2,1-2H3,(H2,13,16,17). The van der Waals surface area contributed by atoms with Gasteiger partial charge in [-0.15, -0.1) is 0 Å². The summed E-state index contributed by atoms with van der Waals surface area (Å²) < 4.78 is 24.2. The molecule has 1 aromatic heterocycles. The molecule has 0 spiro atoms. The van der Waals surface area contributed by atoms with E-state index in [2.05, 4.69) is 4.98 Å². The van der Waals surface area contributed by atoms with E-state index in [1.807, 2.05) is 13.8 Å². The molecular weight excluding hydrogens is 252 g/mol. The molecule has 1 aromatic carbocycles. The second-order valence-corrected chi connectivity index (χ2v) is 5.61. The van der Waals surface area contributed by atoms with Gasteiger partial charge in [0, 0.05) is 5.69 Å². The first kappa shape index (κ1) is 12.6. The monoisotopic (exact) mass is 266 g/mol. The third-order valence-corrected chi connectivity index (χ3v) is 3.75. The minimum absolute atomic E-state index is 0.00163. The van der Waals surface area contributed by atoms with Crippen LogP contribution in [0.15, 0.2) is 29.4 Å². The number of aromatic nitrogens is 2. The molecule has 0 saturated heterocycles. The van der Waals surface area contributed by atoms with E-state index in [9.17, 15) is 8.42 Å². The third-order valence-electron chi connectivity index (χ3n) is 2.84. The van der Waals surface area contributed by atoms with E-state index in [1.165, 1.54) is 12.1 Å². The Morgan fingerprint density at radius 1 is 1.28 bits per heavy atom. The van der Waals surface area contributed by atoms with Crippen molar-refractivity contribution in [1.82, 2.24) is 9.55 Å². The molecular formula is C11H14N4O2S. The number of hydrogen-bond acceptors (Lipinski definition) is 4. The van der Waals surface area contributed by atoms with E-state index in [4.69, 9.17) is 10.9 Å². The molecule has 0 amide bonds. The smallest absolute Gasteiger partial charge is 0.238 e. The highest BCUT2D eigenvalue weighted by molar-refractivity contribution is 7.89. The van der Waals surface area contributed by atoms with Crippen LogP contribution in [0.1, 0.15) is 11.4 Å². The minimum Gasteiger partial charge on any atom is -0.397 e. The predicted octanol–water partition coefficient (Wildman–Crippen LogP) is 0.719. The Morgan fingerprint density at radius 2 is 1.94 bits per heavy atom. The zero-order chi connectivity index (χ0) is 13.5. The maximum Gasteiger partial charge on any atom is 0.238 e. The lowest BCUT2D eigenvalue weighted by molar-refractivity contribution is 0.598. The Bertz CT molecular complexity index is 704. The first-order chi connectivity index (χ1) is 8.30. The normalized spacial score (nSPS) is 11.7. The summed E-state index contributed by atoms with van der Waals surface area (Å²) in [6, 6.07) is 4.39. The predicted molar refractivity (Wildman–Crippen MR) is 68.8 cm³/mol. The van der Waals surface area contributed by atoms with Crippen LogP contribution in [-0.2, 0) is 10.0 Å². The number of hydrogen-bond donors (Lipinski definition) is 2. The number of primary sulfonamides is 1. The highest BCUT2D eigenvalue weighted by Gasteiger charge is 2.12. The number of benzene rings is 1. The fourth-order valence-electron chi connectivity index (χ4n) is 1.67. The van der Waals surface area contributed by atoms with E-state index in [0.717, 1.165) is 11.4 Å². The van der Waals surface area contributed by atoms with Gasteiger partial charge in [0.15, 0.2) is 0 Å². The topological polar surface area (TPSA) is 104 Å². The largest absolute Gasteiger partial charge is 0.397 e. The molecule has 7 heteroatoms. The van der Waals surface area contributed by atoms with E-state index in [1.54, 1.807) is 17.0 Å². The van der Waals surface area contributed by atoms with Gasteiger partial charge in [-0.3, -0.25) is 0 Å². The van der Waals surface area contributed by atoms with Gasteiger partial charge in [-0.05, 0) is 32.0 Å². The molecule has 2 rings (SSSR count). The minimum atomic E-state index is -3.73. The molecule has 0 aliphatic carbocycles. The molecule has 4 N–H and O–H groups in total. The van der Waals surface area contributed by atoms with Crippen LogP contribution in [0.4, 0.5) is 5.69 Å². The summed E-state index contributed by atoms with van der Waals surface area (Å²) >= 11 is 0. The zero-order valence-electron chi connectivity index (χ0n) is 10.1. The average Bonchev–Trinajstić information content (AvgIpc) is 2.59. The molecule has 96 valence electrons. The Labute approximate surface area is 105 Å². The van der Waals surface area contributed by atoms with Crippen molar-refractivity contribution in [3.63, 3.8) is 0 Å². The molecule has 0 aliphatic heterocycles. The molecule has 0 bridgehead atoms. The van der Waals surface area contributed by atoms with Crippen LogP contribution in [0.25, 0.3) is 5.69 Å². The summed E-state index contributed by atoms with van der Waals surface area (Å²) in [5, 5.41) is 5.05. The summed E-state index contributed by atoms with van der Waals surface area (Å²) in [6.07, 6.45) is 1.65. The van der Waals surface area contributed by atoms with Gasteiger partial charge in [0.25, 0.3) is 0 Å². The van der Waals surface area contributed by atoms with Gasteiger partial charge in [-0.25, -0.2) is 18.5 Å². The molecule has 1 heterocycles. The summed E-state index contributed by atoms with van der Waals surface area (Å²) in [5.74, 6) is 0. The summed E-state index contributed by atoms with van der Waals surface area (Å²) in [5.41, 5.74) is 8.72. The molecule has 0 aliphatic rings. The van der Waals surface area contributed by atoms with Crippen molar-refractivity contribution in [2.24, 2.45) is 5.14 Å². The number of imidazole rings is 1. The number of sulfonamides is 1. The van der Waals surface area contributed by atoms with Crippen LogP contribution in [-0.4, -0.2) is 18.0 Å². The Kier molecular flexibility index (Phi) is 2.88. The van der Waals surface area contributed by atoms with E-state index >= 15 is 0 Å². The van der Waals surface area contributed by atoms with Gasteiger partial charge in [-0.1, -0.05) is 0 Å². The van der Waals surface area contributed by atoms with Crippen molar-refractivity contribution >= 4 is 15.7 Å². The van der Waals surface area contributed by atoms with Crippen molar-refractivity contribution in [2.45, 2.75) is 18.7 Å². The summed E-state index contributed by atoms with van der Waals surface area (Å²) in [4.78, 5) is 4.17. The number of rotatable bonds is 2. The van der Waals surface area contributed by atoms with Crippen molar-refractivity contribution in [1.29, 1.82) is 0 Å². The van der Waals surface area contributed by atoms with Crippen LogP contribution in [0.2, 0.25) is 0 Å². The third kappa shape index (κ3) is 2.09. The lowest BCUT2D eigenvalue weighted by Crippen LogP contribution is -2.13. The Morgan fingerprint density at radius 3 is 2.39 bits per heavy atom. The van der Waals surface area contributed by atoms with Crippen molar-refractivity contribution in [3.05, 3.63) is 35.9 Å². The zero-order valence-corrected chi connectivity index (χ0v) is 10.9. The lowest BCUT2D eigenvalue weighted by Gasteiger charge is -2.10. The van der Waals surface area contributed by atoms with Gasteiger partial charge in [-0.2, -0.15) is 0 Å². The number of nitrogen functional groups attached to an aromatic ring is 1. The first-order valence-corrected chi connectivity index (χ1v) is 6.78. The molecule has 18 heavy (non-hydrogen) atoms. The fraction of sp³-hybridized carbons (Fsp3) is 0.182. The van der Waals surface area contributed by atoms with Gasteiger partial charge >= 0.3 is 0 Å². The molecule has 6 nitrogen and oxygen atoms in total. The number of nitrogens with zero attached hydrogens (tertiary/aromatic N) is 2. The molecule has 0 fully saturated rings. The number of aryl methyl sites for hydroxylation is 1. The number of nitrogens with two attached hydrogens (primary N) is 2. The molecule has 2 aromatic rings. The van der Waals surface area contributed by atoms with E-state index < -0.39 is 10.0 Å². The summed E-state index contributed by atoms with van der Waals surface area (Å²) in [6.45, 7) is 3.80. The van der Waals surface area contributed by atoms with E-state index in [-0.39, 0.29) is 4.90 Å². The SMILES string of the molecule is Cc1ncn(-c2ccc(S(N)(=O)=O)cc2N)c1C. The highest BCUT2D eigenvalue weighted by atomic mass is 32.2. The molecule has 0 unspecified atom stereocenters. The molecule has 0 saturated carbocycles. The number of anilines is 1. The van der Waals surface area contributed by atoms with Crippen molar-refractivity contribution in [3.8, 4) is 5.69 Å². The van der Waals surface area contributed by atoms with E-state index in [0.29, 0.717) is 11.4 Å². The van der Waals surface area contributed by atoms with Crippen LogP contribution in [0.3, 0.4) is 0 Å². The second kappa shape index (κ2) is 4.11. The van der Waals surface area contributed by atoms with Crippen LogP contribution < -0.4 is 10.9 Å². The van der Waals surface area contributed by atoms with Crippen LogP contribution in [0.5, 0.6) is 0 Å². The Balaban J connectivity index is 2.59. The molecule has 0 atom stereocenters. The van der Waals surface area contributed by atoms with Gasteiger partial charge < -0.3 is 10.3 Å². The maximum atomic E-state index is 11.2. The quantitative estimate of drug-likeness (QED) is 0.781. The maximum absolute atomic E-state index is 11.2. The van der Waals surface area contributed by atoms with Crippen LogP contribution >= 0.6 is 0 Å². The fourth-order valence-corrected chi connectivity index (χ4v) is 2.22. The summed E-state index contributed by atoms with van der Waals surface area (Å²) in [7, 11) is -3.73. The average molecular weight is 266 g/mol. The lowest BCUT2D eigenvalue weighted by atomic mass is 10.2. The van der Waals surface area contributed by atoms with Crippen LogP contribution in [0, 0.1) is 13.8 Å². The van der Waals surface area contributed by atoms with Gasteiger partial charge in [0.1, 0.15) is 0 Å². The van der Waals surface area contributed by atoms with Gasteiger partial charge in [0.05, 0.1) is 28.3 Å². The van der Waals surface area contributed by atoms with Crippen molar-refractivity contribution < 1.29 is 8.42 Å². The Hall–Kier alpha value is -1.86. The molecule has 0 radical (unpaired) electrons. The first-order valence-electron chi connectivity index (χ1n) is 5.24. The highest BCUT2D eigenvalue weighted by Crippen LogP contribution is 2.23. The van der Waals surface area contributed by atoms with Gasteiger partial charge in [0.2, 0.25) is 10.0 Å².